The van der Waals surface area contributed by atoms with Crippen LogP contribution >= 0.6 is 15.9 Å². The molecular weight excluding hydrogens is 328 g/mol. The van der Waals surface area contributed by atoms with Crippen LogP contribution in [0, 0.1) is 17.0 Å². The lowest BCUT2D eigenvalue weighted by Gasteiger charge is -2.02. The summed E-state index contributed by atoms with van der Waals surface area (Å²) in [5.41, 5.74) is 2.66. The van der Waals surface area contributed by atoms with Crippen molar-refractivity contribution in [2.24, 2.45) is 0 Å². The Morgan fingerprint density at radius 1 is 1.35 bits per heavy atom. The number of nitrogens with one attached hydrogen (secondary N) is 1. The molecule has 0 unspecified atom stereocenters. The normalized spacial score (nSPS) is 10.3. The van der Waals surface area contributed by atoms with E-state index in [0.717, 1.165) is 16.8 Å². The van der Waals surface area contributed by atoms with Crippen molar-refractivity contribution in [3.8, 4) is 11.1 Å². The summed E-state index contributed by atoms with van der Waals surface area (Å²) in [6.45, 7) is 1.81. The standard InChI is InChI=1S/C13H11BrN2O4/c1-7-10(11(14)12(15-7)13(17)20-2)8-3-5-9(6-4-8)16(18)19/h3-6,15H,1-2H3. The lowest BCUT2D eigenvalue weighted by molar-refractivity contribution is -0.384. The molecule has 1 aromatic heterocycles. The number of benzene rings is 1. The number of nitro benzene ring substituents is 1. The number of methoxy groups -OCH3 is 1. The number of carbonyl (C=O) groups excluding carboxylic acids is 1. The SMILES string of the molecule is COC(=O)c1[nH]c(C)c(-c2ccc([N+](=O)[O-])cc2)c1Br. The number of carbonyl (C=O) groups is 1. The minimum Gasteiger partial charge on any atom is -0.464 e. The highest BCUT2D eigenvalue weighted by Gasteiger charge is 2.20. The zero-order valence-electron chi connectivity index (χ0n) is 10.8. The summed E-state index contributed by atoms with van der Waals surface area (Å²) in [4.78, 5) is 24.7. The third-order valence-electron chi connectivity index (χ3n) is 2.88. The number of nitro groups is 1. The van der Waals surface area contributed by atoms with E-state index in [1.54, 1.807) is 12.1 Å². The third kappa shape index (κ3) is 2.44. The number of H-pyrrole nitrogens is 1. The molecule has 20 heavy (non-hydrogen) atoms. The van der Waals surface area contributed by atoms with Crippen molar-refractivity contribution < 1.29 is 14.5 Å². The van der Waals surface area contributed by atoms with E-state index in [9.17, 15) is 14.9 Å². The maximum Gasteiger partial charge on any atom is 0.355 e. The van der Waals surface area contributed by atoms with Crippen molar-refractivity contribution in [3.63, 3.8) is 0 Å². The minimum absolute atomic E-state index is 0.0197. The number of ether oxygens (including phenoxy) is 1. The highest BCUT2D eigenvalue weighted by molar-refractivity contribution is 9.10. The summed E-state index contributed by atoms with van der Waals surface area (Å²) in [6, 6.07) is 6.12. The topological polar surface area (TPSA) is 85.2 Å². The molecule has 0 aliphatic heterocycles. The maximum absolute atomic E-state index is 11.6. The summed E-state index contributed by atoms with van der Waals surface area (Å²) in [6.07, 6.45) is 0. The van der Waals surface area contributed by atoms with Crippen molar-refractivity contribution in [1.29, 1.82) is 0 Å². The van der Waals surface area contributed by atoms with Gasteiger partial charge in [0.25, 0.3) is 5.69 Å². The van der Waals surface area contributed by atoms with Crippen LogP contribution in [0.2, 0.25) is 0 Å². The Hall–Kier alpha value is -2.15. The highest BCUT2D eigenvalue weighted by atomic mass is 79.9. The fourth-order valence-electron chi connectivity index (χ4n) is 1.93. The number of aromatic amines is 1. The second kappa shape index (κ2) is 5.46. The fourth-order valence-corrected chi connectivity index (χ4v) is 2.72. The number of hydrogen-bond donors (Lipinski definition) is 1. The summed E-state index contributed by atoms with van der Waals surface area (Å²) in [7, 11) is 1.30. The smallest absolute Gasteiger partial charge is 0.355 e. The zero-order valence-corrected chi connectivity index (χ0v) is 12.4. The van der Waals surface area contributed by atoms with E-state index >= 15 is 0 Å². The van der Waals surface area contributed by atoms with Gasteiger partial charge in [-0.15, -0.1) is 0 Å². The molecule has 7 heteroatoms. The van der Waals surface area contributed by atoms with E-state index in [1.165, 1.54) is 19.2 Å². The predicted octanol–water partition coefficient (Wildman–Crippen LogP) is 3.45. The van der Waals surface area contributed by atoms with Gasteiger partial charge in [-0.05, 0) is 40.5 Å². The second-order valence-corrected chi connectivity index (χ2v) is 4.90. The molecule has 2 aromatic rings. The van der Waals surface area contributed by atoms with Crippen LogP contribution in [0.4, 0.5) is 5.69 Å². The lowest BCUT2D eigenvalue weighted by Crippen LogP contribution is -2.02. The molecule has 0 bridgehead atoms. The second-order valence-electron chi connectivity index (χ2n) is 4.11. The molecule has 2 rings (SSSR count). The Labute approximate surface area is 123 Å². The van der Waals surface area contributed by atoms with Gasteiger partial charge in [0.15, 0.2) is 0 Å². The number of rotatable bonds is 3. The molecule has 1 heterocycles. The van der Waals surface area contributed by atoms with Gasteiger partial charge in [0.1, 0.15) is 5.69 Å². The fraction of sp³-hybridized carbons (Fsp3) is 0.154. The summed E-state index contributed by atoms with van der Waals surface area (Å²) < 4.78 is 5.26. The average molecular weight is 339 g/mol. The minimum atomic E-state index is -0.479. The van der Waals surface area contributed by atoms with Crippen LogP contribution in [0.5, 0.6) is 0 Å². The van der Waals surface area contributed by atoms with Gasteiger partial charge in [0, 0.05) is 23.4 Å². The van der Waals surface area contributed by atoms with E-state index < -0.39 is 10.9 Å². The monoisotopic (exact) mass is 338 g/mol. The Morgan fingerprint density at radius 2 is 1.95 bits per heavy atom. The van der Waals surface area contributed by atoms with Crippen LogP contribution in [0.15, 0.2) is 28.7 Å². The first-order valence-electron chi connectivity index (χ1n) is 5.67. The van der Waals surface area contributed by atoms with E-state index in [2.05, 4.69) is 25.7 Å². The van der Waals surface area contributed by atoms with E-state index in [-0.39, 0.29) is 5.69 Å². The lowest BCUT2D eigenvalue weighted by atomic mass is 10.1. The molecule has 104 valence electrons. The number of aryl methyl sites for hydroxylation is 1. The van der Waals surface area contributed by atoms with Gasteiger partial charge in [-0.3, -0.25) is 10.1 Å². The molecule has 0 radical (unpaired) electrons. The van der Waals surface area contributed by atoms with Gasteiger partial charge in [0.2, 0.25) is 0 Å². The van der Waals surface area contributed by atoms with Crippen molar-refractivity contribution in [2.75, 3.05) is 7.11 Å². The van der Waals surface area contributed by atoms with E-state index in [1.807, 2.05) is 6.92 Å². The number of nitrogens with zero attached hydrogens (tertiary/aromatic N) is 1. The van der Waals surface area contributed by atoms with Crippen LogP contribution in [0.25, 0.3) is 11.1 Å². The Morgan fingerprint density at radius 3 is 2.45 bits per heavy atom. The number of aromatic nitrogens is 1. The van der Waals surface area contributed by atoms with Crippen molar-refractivity contribution >= 4 is 27.6 Å². The number of halogens is 1. The zero-order chi connectivity index (χ0) is 14.9. The first-order chi connectivity index (χ1) is 9.45. The van der Waals surface area contributed by atoms with Crippen LogP contribution < -0.4 is 0 Å². The molecule has 0 saturated carbocycles. The summed E-state index contributed by atoms with van der Waals surface area (Å²) in [5, 5.41) is 10.6. The van der Waals surface area contributed by atoms with Gasteiger partial charge in [-0.25, -0.2) is 4.79 Å². The van der Waals surface area contributed by atoms with Crippen LogP contribution in [-0.2, 0) is 4.74 Å². The number of non-ortho nitro benzene ring substituents is 1. The number of hydrogen-bond acceptors (Lipinski definition) is 4. The first-order valence-corrected chi connectivity index (χ1v) is 6.46. The van der Waals surface area contributed by atoms with Gasteiger partial charge < -0.3 is 9.72 Å². The largest absolute Gasteiger partial charge is 0.464 e. The first kappa shape index (κ1) is 14.3. The summed E-state index contributed by atoms with van der Waals surface area (Å²) >= 11 is 3.36. The average Bonchev–Trinajstić information content (AvgIpc) is 2.73. The predicted molar refractivity (Wildman–Crippen MR) is 76.7 cm³/mol. The Kier molecular flexibility index (Phi) is 3.89. The molecule has 0 atom stereocenters. The Balaban J connectivity index is 2.50. The quantitative estimate of drug-likeness (QED) is 0.527. The van der Waals surface area contributed by atoms with Gasteiger partial charge in [0.05, 0.1) is 16.5 Å². The Bertz CT molecular complexity index is 676. The molecule has 0 aliphatic carbocycles. The molecule has 1 N–H and O–H groups in total. The highest BCUT2D eigenvalue weighted by Crippen LogP contribution is 2.35. The summed E-state index contributed by atoms with van der Waals surface area (Å²) in [5.74, 6) is -0.479. The third-order valence-corrected chi connectivity index (χ3v) is 3.68. The van der Waals surface area contributed by atoms with E-state index in [0.29, 0.717) is 10.2 Å². The van der Waals surface area contributed by atoms with E-state index in [4.69, 9.17) is 0 Å². The van der Waals surface area contributed by atoms with Crippen molar-refractivity contribution in [2.45, 2.75) is 6.92 Å². The molecule has 0 aliphatic rings. The van der Waals surface area contributed by atoms with Crippen molar-refractivity contribution in [1.82, 2.24) is 4.98 Å². The molecule has 0 amide bonds. The number of esters is 1. The molecule has 1 aromatic carbocycles. The molecule has 0 saturated heterocycles. The molecule has 6 nitrogen and oxygen atoms in total. The van der Waals surface area contributed by atoms with Gasteiger partial charge >= 0.3 is 5.97 Å². The van der Waals surface area contributed by atoms with Crippen LogP contribution in [-0.4, -0.2) is 23.0 Å². The van der Waals surface area contributed by atoms with Gasteiger partial charge in [-0.1, -0.05) is 0 Å². The van der Waals surface area contributed by atoms with Gasteiger partial charge in [-0.2, -0.15) is 0 Å². The van der Waals surface area contributed by atoms with Crippen LogP contribution in [0.3, 0.4) is 0 Å². The molecular formula is C13H11BrN2O4. The molecule has 0 fully saturated rings. The maximum atomic E-state index is 11.6. The van der Waals surface area contributed by atoms with Crippen molar-refractivity contribution in [3.05, 3.63) is 50.2 Å². The molecule has 0 spiro atoms. The van der Waals surface area contributed by atoms with Crippen LogP contribution in [0.1, 0.15) is 16.2 Å².